The zero-order chi connectivity index (χ0) is 15.2. The smallest absolute Gasteiger partial charge is 0.315 e. The third kappa shape index (κ3) is 4.08. The normalized spacial score (nSPS) is 15.2. The van der Waals surface area contributed by atoms with Crippen LogP contribution in [0.3, 0.4) is 0 Å². The molecule has 0 aliphatic rings. The van der Waals surface area contributed by atoms with E-state index in [-0.39, 0.29) is 12.5 Å². The third-order valence-electron chi connectivity index (χ3n) is 3.75. The number of carboxylic acids is 1. The number of carboxylic acid groups (broad SMARTS) is 1. The zero-order valence-electron chi connectivity index (χ0n) is 12.3. The highest BCUT2D eigenvalue weighted by Crippen LogP contribution is 2.23. The van der Waals surface area contributed by atoms with Gasteiger partial charge in [-0.25, -0.2) is 0 Å². The molecule has 4 heteroatoms. The number of carbonyl (C=O) groups is 2. The molecule has 0 radical (unpaired) electrons. The first-order valence-corrected chi connectivity index (χ1v) is 6.95. The van der Waals surface area contributed by atoms with Gasteiger partial charge >= 0.3 is 5.97 Å². The maximum absolute atomic E-state index is 11.8. The highest BCUT2D eigenvalue weighted by Gasteiger charge is 2.35. The van der Waals surface area contributed by atoms with Gasteiger partial charge in [0.05, 0.1) is 0 Å². The first-order chi connectivity index (χ1) is 9.40. The number of hydrogen-bond acceptors (Lipinski definition) is 2. The van der Waals surface area contributed by atoms with Crippen LogP contribution in [0.5, 0.6) is 0 Å². The summed E-state index contributed by atoms with van der Waals surface area (Å²) in [5, 5.41) is 12.2. The number of benzene rings is 1. The van der Waals surface area contributed by atoms with Crippen LogP contribution in [-0.4, -0.2) is 23.5 Å². The van der Waals surface area contributed by atoms with Gasteiger partial charge in [0.25, 0.3) is 0 Å². The molecule has 2 unspecified atom stereocenters. The van der Waals surface area contributed by atoms with E-state index in [1.54, 1.807) is 31.2 Å². The summed E-state index contributed by atoms with van der Waals surface area (Å²) < 4.78 is 0. The van der Waals surface area contributed by atoms with Crippen molar-refractivity contribution in [2.24, 2.45) is 5.92 Å². The van der Waals surface area contributed by atoms with Crippen LogP contribution >= 0.6 is 0 Å². The van der Waals surface area contributed by atoms with Crippen molar-refractivity contribution in [3.8, 4) is 0 Å². The molecule has 1 rings (SSSR count). The van der Waals surface area contributed by atoms with Crippen LogP contribution in [0.25, 0.3) is 0 Å². The summed E-state index contributed by atoms with van der Waals surface area (Å²) in [7, 11) is 0. The van der Waals surface area contributed by atoms with Crippen LogP contribution < -0.4 is 5.32 Å². The molecule has 2 atom stereocenters. The van der Waals surface area contributed by atoms with Crippen molar-refractivity contribution in [2.75, 3.05) is 6.54 Å². The Bertz CT molecular complexity index is 458. The number of aliphatic carboxylic acids is 1. The minimum atomic E-state index is -1.10. The Morgan fingerprint density at radius 2 is 1.90 bits per heavy atom. The first kappa shape index (κ1) is 16.2. The Morgan fingerprint density at radius 3 is 2.40 bits per heavy atom. The highest BCUT2D eigenvalue weighted by atomic mass is 16.4. The second-order valence-corrected chi connectivity index (χ2v) is 5.50. The van der Waals surface area contributed by atoms with E-state index in [4.69, 9.17) is 0 Å². The van der Waals surface area contributed by atoms with E-state index in [1.807, 2.05) is 19.9 Å². The van der Waals surface area contributed by atoms with E-state index in [9.17, 15) is 14.7 Å². The number of hydrogen-bond donors (Lipinski definition) is 2. The standard InChI is InChI=1S/C16H23NO3/c1-4-12(2)10-14(18)17-11-16(3,15(19)20)13-8-6-5-7-9-13/h5-9,12H,4,10-11H2,1-3H3,(H,17,18)(H,19,20). The fraction of sp³-hybridized carbons (Fsp3) is 0.500. The molecule has 0 aliphatic carbocycles. The predicted octanol–water partition coefficient (Wildman–Crippen LogP) is 2.58. The van der Waals surface area contributed by atoms with Gasteiger partial charge in [0.15, 0.2) is 0 Å². The SMILES string of the molecule is CCC(C)CC(=O)NCC(C)(C(=O)O)c1ccccc1. The second-order valence-electron chi connectivity index (χ2n) is 5.50. The van der Waals surface area contributed by atoms with Gasteiger partial charge in [-0.15, -0.1) is 0 Å². The third-order valence-corrected chi connectivity index (χ3v) is 3.75. The molecule has 0 aliphatic heterocycles. The molecule has 0 aromatic heterocycles. The summed E-state index contributed by atoms with van der Waals surface area (Å²) in [4.78, 5) is 23.4. The van der Waals surface area contributed by atoms with Gasteiger partial charge in [-0.05, 0) is 18.4 Å². The first-order valence-electron chi connectivity index (χ1n) is 6.95. The topological polar surface area (TPSA) is 66.4 Å². The summed E-state index contributed by atoms with van der Waals surface area (Å²) in [6.45, 7) is 5.77. The van der Waals surface area contributed by atoms with Gasteiger partial charge in [0.2, 0.25) is 5.91 Å². The van der Waals surface area contributed by atoms with Crippen LogP contribution in [0, 0.1) is 5.92 Å². The van der Waals surface area contributed by atoms with Crippen LogP contribution in [0.4, 0.5) is 0 Å². The van der Waals surface area contributed by atoms with Crippen LogP contribution in [0.2, 0.25) is 0 Å². The Morgan fingerprint density at radius 1 is 1.30 bits per heavy atom. The van der Waals surface area contributed by atoms with Crippen LogP contribution in [-0.2, 0) is 15.0 Å². The van der Waals surface area contributed by atoms with Gasteiger partial charge in [0.1, 0.15) is 5.41 Å². The summed E-state index contributed by atoms with van der Waals surface area (Å²) in [5.74, 6) is -0.724. The summed E-state index contributed by atoms with van der Waals surface area (Å²) >= 11 is 0. The van der Waals surface area contributed by atoms with E-state index in [0.717, 1.165) is 6.42 Å². The molecular formula is C16H23NO3. The molecule has 0 heterocycles. The number of rotatable bonds is 7. The molecular weight excluding hydrogens is 254 g/mol. The summed E-state index contributed by atoms with van der Waals surface area (Å²) in [6.07, 6.45) is 1.36. The van der Waals surface area contributed by atoms with Crippen molar-refractivity contribution in [2.45, 2.75) is 39.0 Å². The average molecular weight is 277 g/mol. The quantitative estimate of drug-likeness (QED) is 0.805. The highest BCUT2D eigenvalue weighted by molar-refractivity contribution is 5.83. The Hall–Kier alpha value is -1.84. The Labute approximate surface area is 120 Å². The molecule has 0 fully saturated rings. The molecule has 1 aromatic carbocycles. The minimum absolute atomic E-state index is 0.0947. The maximum atomic E-state index is 11.8. The van der Waals surface area contributed by atoms with E-state index < -0.39 is 11.4 Å². The van der Waals surface area contributed by atoms with Crippen molar-refractivity contribution >= 4 is 11.9 Å². The van der Waals surface area contributed by atoms with Crippen molar-refractivity contribution in [3.63, 3.8) is 0 Å². The fourth-order valence-corrected chi connectivity index (χ4v) is 1.92. The minimum Gasteiger partial charge on any atom is -0.481 e. The van der Waals surface area contributed by atoms with Gasteiger partial charge in [-0.2, -0.15) is 0 Å². The number of carbonyl (C=O) groups excluding carboxylic acids is 1. The lowest BCUT2D eigenvalue weighted by atomic mass is 9.82. The van der Waals surface area contributed by atoms with Gasteiger partial charge in [-0.1, -0.05) is 50.6 Å². The molecule has 0 spiro atoms. The lowest BCUT2D eigenvalue weighted by Gasteiger charge is -2.26. The molecule has 4 nitrogen and oxygen atoms in total. The van der Waals surface area contributed by atoms with Gasteiger partial charge in [0, 0.05) is 13.0 Å². The molecule has 1 aromatic rings. The second kappa shape index (κ2) is 7.08. The monoisotopic (exact) mass is 277 g/mol. The van der Waals surface area contributed by atoms with Gasteiger partial charge in [-0.3, -0.25) is 9.59 Å². The zero-order valence-corrected chi connectivity index (χ0v) is 12.3. The number of nitrogens with one attached hydrogen (secondary N) is 1. The molecule has 20 heavy (non-hydrogen) atoms. The average Bonchev–Trinajstić information content (AvgIpc) is 2.45. The summed E-state index contributed by atoms with van der Waals surface area (Å²) in [5.41, 5.74) is -0.414. The fourth-order valence-electron chi connectivity index (χ4n) is 1.92. The molecule has 0 bridgehead atoms. The number of amides is 1. The molecule has 2 N–H and O–H groups in total. The summed E-state index contributed by atoms with van der Waals surface area (Å²) in [6, 6.07) is 8.99. The van der Waals surface area contributed by atoms with Crippen molar-refractivity contribution in [3.05, 3.63) is 35.9 Å². The maximum Gasteiger partial charge on any atom is 0.315 e. The molecule has 0 saturated carbocycles. The molecule has 110 valence electrons. The van der Waals surface area contributed by atoms with E-state index in [1.165, 1.54) is 0 Å². The van der Waals surface area contributed by atoms with Crippen LogP contribution in [0.15, 0.2) is 30.3 Å². The lowest BCUT2D eigenvalue weighted by Crippen LogP contribution is -2.44. The van der Waals surface area contributed by atoms with Crippen molar-refractivity contribution in [1.29, 1.82) is 0 Å². The van der Waals surface area contributed by atoms with Crippen LogP contribution in [0.1, 0.15) is 39.2 Å². The largest absolute Gasteiger partial charge is 0.481 e. The van der Waals surface area contributed by atoms with E-state index >= 15 is 0 Å². The van der Waals surface area contributed by atoms with Gasteiger partial charge < -0.3 is 10.4 Å². The van der Waals surface area contributed by atoms with Crippen molar-refractivity contribution in [1.82, 2.24) is 5.32 Å². The Kier molecular flexibility index (Phi) is 5.74. The molecule has 1 amide bonds. The van der Waals surface area contributed by atoms with E-state index in [2.05, 4.69) is 5.32 Å². The predicted molar refractivity (Wildman–Crippen MR) is 78.5 cm³/mol. The van der Waals surface area contributed by atoms with Crippen molar-refractivity contribution < 1.29 is 14.7 Å². The Balaban J connectivity index is 2.74. The lowest BCUT2D eigenvalue weighted by molar-refractivity contribution is -0.143. The van der Waals surface area contributed by atoms with E-state index in [0.29, 0.717) is 17.9 Å². The molecule has 0 saturated heterocycles.